The predicted molar refractivity (Wildman–Crippen MR) is 132 cm³/mol. The van der Waals surface area contributed by atoms with Gasteiger partial charge in [-0.25, -0.2) is 4.68 Å². The number of unbranched alkanes of at least 4 members (excludes halogenated alkanes) is 2. The van der Waals surface area contributed by atoms with Gasteiger partial charge in [-0.3, -0.25) is 14.4 Å². The van der Waals surface area contributed by atoms with Crippen LogP contribution >= 0.6 is 0 Å². The summed E-state index contributed by atoms with van der Waals surface area (Å²) in [6.45, 7) is 4.42. The molecule has 37 heavy (non-hydrogen) atoms. The first kappa shape index (κ1) is 25.6. The molecule has 1 spiro atoms. The normalized spacial score (nSPS) is 30.2. The summed E-state index contributed by atoms with van der Waals surface area (Å²) in [5, 5.41) is 20.4. The molecule has 2 aromatic rings. The zero-order valence-electron chi connectivity index (χ0n) is 21.4. The molecule has 2 bridgehead atoms. The molecule has 200 valence electrons. The molecule has 1 aromatic heterocycles. The summed E-state index contributed by atoms with van der Waals surface area (Å²) in [4.78, 5) is 42.5. The van der Waals surface area contributed by atoms with Crippen LogP contribution in [-0.2, 0) is 30.5 Å². The van der Waals surface area contributed by atoms with E-state index in [0.717, 1.165) is 17.5 Å². The largest absolute Gasteiger partial charge is 0.466 e. The minimum absolute atomic E-state index is 0.0728. The number of nitrogens with zero attached hydrogens (tertiary/aromatic N) is 4. The second-order valence-electron chi connectivity index (χ2n) is 10.2. The molecular weight excluding hydrogens is 478 g/mol. The van der Waals surface area contributed by atoms with Crippen LogP contribution in [-0.4, -0.2) is 79.8 Å². The Labute approximate surface area is 215 Å². The summed E-state index contributed by atoms with van der Waals surface area (Å²) in [5.41, 5.74) is -0.393. The van der Waals surface area contributed by atoms with Crippen LogP contribution in [0, 0.1) is 11.8 Å². The van der Waals surface area contributed by atoms with E-state index < -0.39 is 35.0 Å². The van der Waals surface area contributed by atoms with E-state index in [0.29, 0.717) is 38.6 Å². The van der Waals surface area contributed by atoms with Crippen molar-refractivity contribution in [2.24, 2.45) is 11.8 Å². The number of aromatic nitrogens is 3. The van der Waals surface area contributed by atoms with Crippen molar-refractivity contribution in [3.05, 3.63) is 24.3 Å². The van der Waals surface area contributed by atoms with Gasteiger partial charge in [-0.05, 0) is 57.6 Å². The van der Waals surface area contributed by atoms with Crippen LogP contribution in [0.4, 0.5) is 0 Å². The maximum absolute atomic E-state index is 13.9. The molecule has 3 saturated heterocycles. The van der Waals surface area contributed by atoms with Crippen molar-refractivity contribution in [2.75, 3.05) is 19.8 Å². The summed E-state index contributed by atoms with van der Waals surface area (Å²) in [6, 6.07) is 6.59. The number of hydrogen-bond donors (Lipinski definition) is 2. The number of hydrogen-bond acceptors (Lipinski definition) is 8. The Kier molecular flexibility index (Phi) is 6.93. The minimum Gasteiger partial charge on any atom is -0.466 e. The van der Waals surface area contributed by atoms with E-state index >= 15 is 0 Å². The molecule has 2 amide bonds. The molecule has 0 aliphatic carbocycles. The molecule has 0 radical (unpaired) electrons. The highest BCUT2D eigenvalue weighted by molar-refractivity contribution is 5.98. The lowest BCUT2D eigenvalue weighted by atomic mass is 9.65. The first-order chi connectivity index (χ1) is 17.9. The summed E-state index contributed by atoms with van der Waals surface area (Å²) in [6.07, 6.45) is 3.64. The van der Waals surface area contributed by atoms with E-state index in [1.54, 1.807) is 16.5 Å². The van der Waals surface area contributed by atoms with Crippen LogP contribution in [0.1, 0.15) is 52.4 Å². The van der Waals surface area contributed by atoms with Gasteiger partial charge in [0.05, 0.1) is 23.6 Å². The zero-order valence-corrected chi connectivity index (χ0v) is 21.4. The summed E-state index contributed by atoms with van der Waals surface area (Å²) in [5.74, 6) is -2.51. The molecule has 4 heterocycles. The van der Waals surface area contributed by atoms with E-state index in [-0.39, 0.29) is 31.7 Å². The van der Waals surface area contributed by atoms with Crippen molar-refractivity contribution in [3.8, 4) is 0 Å². The first-order valence-electron chi connectivity index (χ1n) is 13.3. The van der Waals surface area contributed by atoms with E-state index in [1.165, 1.54) is 0 Å². The molecular formula is C26H35N5O6. The molecule has 5 atom stereocenters. The van der Waals surface area contributed by atoms with Gasteiger partial charge in [0, 0.05) is 13.2 Å². The Morgan fingerprint density at radius 3 is 2.78 bits per heavy atom. The Morgan fingerprint density at radius 1 is 1.22 bits per heavy atom. The smallest absolute Gasteiger partial charge is 0.312 e. The highest BCUT2D eigenvalue weighted by atomic mass is 16.6. The number of carbonyl (C=O) groups is 3. The average molecular weight is 514 g/mol. The third-order valence-electron chi connectivity index (χ3n) is 8.35. The topological polar surface area (TPSA) is 136 Å². The molecule has 0 saturated carbocycles. The fraction of sp³-hybridized carbons (Fsp3) is 0.654. The van der Waals surface area contributed by atoms with Gasteiger partial charge >= 0.3 is 5.97 Å². The average Bonchev–Trinajstić information content (AvgIpc) is 3.62. The monoisotopic (exact) mass is 513 g/mol. The summed E-state index contributed by atoms with van der Waals surface area (Å²) >= 11 is 0. The van der Waals surface area contributed by atoms with Crippen LogP contribution in [0.15, 0.2) is 24.3 Å². The molecule has 2 unspecified atom stereocenters. The predicted octanol–water partition coefficient (Wildman–Crippen LogP) is 1.39. The first-order valence-corrected chi connectivity index (χ1v) is 13.3. The second-order valence-corrected chi connectivity index (χ2v) is 10.2. The number of likely N-dealkylation sites (tertiary alicyclic amines) is 1. The van der Waals surface area contributed by atoms with Crippen LogP contribution in [0.25, 0.3) is 11.0 Å². The van der Waals surface area contributed by atoms with Crippen molar-refractivity contribution in [3.63, 3.8) is 0 Å². The summed E-state index contributed by atoms with van der Waals surface area (Å²) < 4.78 is 13.7. The molecule has 11 heteroatoms. The number of aliphatic hydroxyl groups excluding tert-OH is 1. The van der Waals surface area contributed by atoms with Crippen molar-refractivity contribution >= 4 is 28.8 Å². The van der Waals surface area contributed by atoms with E-state index in [1.807, 2.05) is 31.2 Å². The highest BCUT2D eigenvalue weighted by Gasteiger charge is 2.78. The molecule has 3 aliphatic rings. The molecule has 2 N–H and O–H groups in total. The number of benzene rings is 1. The number of esters is 1. The van der Waals surface area contributed by atoms with E-state index in [9.17, 15) is 19.5 Å². The summed E-state index contributed by atoms with van der Waals surface area (Å²) in [7, 11) is 0. The van der Waals surface area contributed by atoms with Gasteiger partial charge < -0.3 is 24.8 Å². The fourth-order valence-corrected chi connectivity index (χ4v) is 6.70. The second kappa shape index (κ2) is 10.0. The lowest BCUT2D eigenvalue weighted by Gasteiger charge is -2.33. The SMILES string of the molecule is CCOC(=O)[C@H]1[C@H]2C(=O)N(CCCCCO)C(C(=O)NCn3nnc4ccccc43)C23CC[C@]1(CC)O3. The molecule has 5 rings (SSSR count). The third-order valence-corrected chi connectivity index (χ3v) is 8.35. The van der Waals surface area contributed by atoms with Crippen LogP contribution in [0.3, 0.4) is 0 Å². The fourth-order valence-electron chi connectivity index (χ4n) is 6.70. The Balaban J connectivity index is 1.45. The van der Waals surface area contributed by atoms with Gasteiger partial charge in [0.25, 0.3) is 0 Å². The van der Waals surface area contributed by atoms with Crippen molar-refractivity contribution < 1.29 is 29.0 Å². The van der Waals surface area contributed by atoms with Crippen molar-refractivity contribution in [2.45, 2.75) is 76.3 Å². The van der Waals surface area contributed by atoms with Crippen LogP contribution in [0.5, 0.6) is 0 Å². The van der Waals surface area contributed by atoms with Gasteiger partial charge in [0.1, 0.15) is 29.7 Å². The maximum Gasteiger partial charge on any atom is 0.312 e. The van der Waals surface area contributed by atoms with E-state index in [2.05, 4.69) is 15.6 Å². The lowest BCUT2D eigenvalue weighted by Crippen LogP contribution is -2.55. The zero-order chi connectivity index (χ0) is 26.2. The molecule has 11 nitrogen and oxygen atoms in total. The molecule has 3 aliphatic heterocycles. The number of nitrogens with one attached hydrogen (secondary N) is 1. The minimum atomic E-state index is -1.09. The lowest BCUT2D eigenvalue weighted by molar-refractivity contribution is -0.160. The Bertz CT molecular complexity index is 1190. The van der Waals surface area contributed by atoms with Crippen molar-refractivity contribution in [1.29, 1.82) is 0 Å². The van der Waals surface area contributed by atoms with Gasteiger partial charge in [-0.2, -0.15) is 0 Å². The van der Waals surface area contributed by atoms with Crippen LogP contribution < -0.4 is 5.32 Å². The molecule has 3 fully saturated rings. The van der Waals surface area contributed by atoms with Gasteiger partial charge in [0.15, 0.2) is 0 Å². The highest BCUT2D eigenvalue weighted by Crippen LogP contribution is 2.64. The number of ether oxygens (including phenoxy) is 2. The Hall–Kier alpha value is -3.05. The van der Waals surface area contributed by atoms with E-state index in [4.69, 9.17) is 9.47 Å². The third kappa shape index (κ3) is 3.99. The number of para-hydroxylation sites is 1. The Morgan fingerprint density at radius 2 is 2.03 bits per heavy atom. The number of fused-ring (bicyclic) bond motifs is 2. The standard InChI is InChI=1S/C26H35N5O6/c1-3-25-12-13-26(37-25)19(20(25)24(35)36-4-2)23(34)30(14-8-5-9-15-32)21(26)22(33)27-16-31-18-11-7-6-10-17(18)28-29-31/h6-7,10-11,19-21,32H,3-5,8-9,12-16H2,1-2H3,(H,27,33)/t19-,20+,21?,25-,26?/m0/s1. The maximum atomic E-state index is 13.9. The number of aliphatic hydroxyl groups is 1. The quantitative estimate of drug-likeness (QED) is 0.340. The van der Waals surface area contributed by atoms with Gasteiger partial charge in [-0.15, -0.1) is 5.10 Å². The van der Waals surface area contributed by atoms with Crippen molar-refractivity contribution in [1.82, 2.24) is 25.2 Å². The van der Waals surface area contributed by atoms with Gasteiger partial charge in [0.2, 0.25) is 11.8 Å². The number of carbonyl (C=O) groups excluding carboxylic acids is 3. The van der Waals surface area contributed by atoms with Crippen LogP contribution in [0.2, 0.25) is 0 Å². The van der Waals surface area contributed by atoms with Gasteiger partial charge in [-0.1, -0.05) is 24.3 Å². The number of rotatable bonds is 11. The molecule has 1 aromatic carbocycles. The number of amides is 2.